The number of hydrogen-bond donors (Lipinski definition) is 1. The van der Waals surface area contributed by atoms with Crippen LogP contribution in [0.25, 0.3) is 6.08 Å². The highest BCUT2D eigenvalue weighted by atomic mass is 35.5. The number of nitrogens with one attached hydrogen (secondary N) is 1. The first-order valence-electron chi connectivity index (χ1n) is 17.5. The van der Waals surface area contributed by atoms with Gasteiger partial charge in [-0.3, -0.25) is 14.9 Å². The number of urea groups is 1. The number of methoxy groups -OCH3 is 1. The number of benzene rings is 5. The van der Waals surface area contributed by atoms with Crippen molar-refractivity contribution in [3.63, 3.8) is 0 Å². The lowest BCUT2D eigenvalue weighted by Gasteiger charge is -2.44. The van der Waals surface area contributed by atoms with E-state index in [4.69, 9.17) is 32.7 Å². The molecule has 1 fully saturated rings. The molecule has 1 saturated heterocycles. The molecule has 0 unspecified atom stereocenters. The van der Waals surface area contributed by atoms with Gasteiger partial charge in [-0.15, -0.1) is 0 Å². The first-order chi connectivity index (χ1) is 25.8. The van der Waals surface area contributed by atoms with E-state index in [9.17, 15) is 14.4 Å². The minimum Gasteiger partial charge on any atom is -0.493 e. The number of amides is 4. The van der Waals surface area contributed by atoms with Gasteiger partial charge >= 0.3 is 6.03 Å². The van der Waals surface area contributed by atoms with Crippen LogP contribution in [0.2, 0.25) is 10.0 Å². The first kappa shape index (κ1) is 34.5. The number of carbonyl (C=O) groups is 3. The van der Waals surface area contributed by atoms with E-state index < -0.39 is 17.8 Å². The summed E-state index contributed by atoms with van der Waals surface area (Å²) in [5.41, 5.74) is 7.24. The Morgan fingerprint density at radius 3 is 2.00 bits per heavy atom. The summed E-state index contributed by atoms with van der Waals surface area (Å²) in [5, 5.41) is 3.29. The van der Waals surface area contributed by atoms with E-state index in [-0.39, 0.29) is 24.0 Å². The Hall–Kier alpha value is -5.57. The van der Waals surface area contributed by atoms with Crippen LogP contribution in [0, 0.1) is 0 Å². The summed E-state index contributed by atoms with van der Waals surface area (Å²) in [7, 11) is 1.51. The van der Waals surface area contributed by atoms with Gasteiger partial charge in [0.1, 0.15) is 12.2 Å². The van der Waals surface area contributed by atoms with Crippen molar-refractivity contribution in [1.82, 2.24) is 5.32 Å². The molecule has 0 aromatic heterocycles. The topological polar surface area (TPSA) is 88.2 Å². The third-order valence-corrected chi connectivity index (χ3v) is 11.0. The standard InChI is InChI=1S/C43H35Cl2N3O5/c1-52-39-22-26(13-15-38(39)53-25-27-12-14-36(44)37(45)21-27)20-35-41(49)46-43(51)48(42(35)50)30-23-33-31(28-8-4-2-5-9-28)16-18-47-19-17-32(34(24-30)40(33)47)29-10-6-3-7-11-29/h2-15,20-24,31-32H,16-19,25H2,1H3,(H,46,49,51)/b35-20+/t31-,32-/m1/s1. The van der Waals surface area contributed by atoms with Crippen LogP contribution in [-0.2, 0) is 16.2 Å². The van der Waals surface area contributed by atoms with Gasteiger partial charge in [-0.1, -0.05) is 96.0 Å². The summed E-state index contributed by atoms with van der Waals surface area (Å²) in [4.78, 5) is 44.7. The summed E-state index contributed by atoms with van der Waals surface area (Å²) in [5.74, 6) is -0.491. The lowest BCUT2D eigenvalue weighted by atomic mass is 9.76. The van der Waals surface area contributed by atoms with E-state index in [1.807, 2.05) is 54.6 Å². The Morgan fingerprint density at radius 2 is 1.40 bits per heavy atom. The van der Waals surface area contributed by atoms with E-state index in [0.29, 0.717) is 32.8 Å². The zero-order chi connectivity index (χ0) is 36.6. The van der Waals surface area contributed by atoms with E-state index in [2.05, 4.69) is 34.5 Å². The maximum absolute atomic E-state index is 14.3. The molecule has 8 rings (SSSR count). The molecule has 0 aliphatic carbocycles. The minimum atomic E-state index is -0.788. The van der Waals surface area contributed by atoms with Crippen molar-refractivity contribution in [2.24, 2.45) is 0 Å². The lowest BCUT2D eigenvalue weighted by Crippen LogP contribution is -2.54. The van der Waals surface area contributed by atoms with Crippen molar-refractivity contribution in [3.8, 4) is 11.5 Å². The summed E-state index contributed by atoms with van der Waals surface area (Å²) in [6.45, 7) is 2.03. The molecule has 3 heterocycles. The highest BCUT2D eigenvalue weighted by molar-refractivity contribution is 6.42. The van der Waals surface area contributed by atoms with Crippen LogP contribution in [0.15, 0.2) is 115 Å². The van der Waals surface area contributed by atoms with Gasteiger partial charge in [0.15, 0.2) is 11.5 Å². The Balaban J connectivity index is 1.16. The SMILES string of the molecule is COc1cc(/C=C2\C(=O)NC(=O)N(c3cc4c5c(c3)[C@@H](c3ccccc3)CCN5CC[C@@H]4c3ccccc3)C2=O)ccc1OCc1ccc(Cl)c(Cl)c1. The number of barbiturate groups is 1. The number of anilines is 2. The fourth-order valence-corrected chi connectivity index (χ4v) is 8.03. The zero-order valence-corrected chi connectivity index (χ0v) is 30.4. The maximum Gasteiger partial charge on any atom is 0.335 e. The molecule has 8 nitrogen and oxygen atoms in total. The van der Waals surface area contributed by atoms with Crippen LogP contribution in [0.5, 0.6) is 11.5 Å². The molecule has 10 heteroatoms. The third kappa shape index (κ3) is 6.65. The Morgan fingerprint density at radius 1 is 0.755 bits per heavy atom. The zero-order valence-electron chi connectivity index (χ0n) is 28.9. The van der Waals surface area contributed by atoms with Gasteiger partial charge in [0.25, 0.3) is 11.8 Å². The molecular weight excluding hydrogens is 709 g/mol. The molecule has 3 aliphatic heterocycles. The number of ether oxygens (including phenoxy) is 2. The van der Waals surface area contributed by atoms with Gasteiger partial charge in [-0.25, -0.2) is 9.69 Å². The molecule has 2 atom stereocenters. The third-order valence-electron chi connectivity index (χ3n) is 10.2. The number of hydrogen-bond acceptors (Lipinski definition) is 6. The quantitative estimate of drug-likeness (QED) is 0.126. The average molecular weight is 745 g/mol. The van der Waals surface area contributed by atoms with E-state index in [0.717, 1.165) is 47.5 Å². The van der Waals surface area contributed by atoms with E-state index in [1.165, 1.54) is 30.0 Å². The monoisotopic (exact) mass is 743 g/mol. The normalized spacial score (nSPS) is 18.8. The van der Waals surface area contributed by atoms with Crippen LogP contribution in [0.4, 0.5) is 16.2 Å². The summed E-state index contributed by atoms with van der Waals surface area (Å²) < 4.78 is 11.6. The number of rotatable bonds is 8. The van der Waals surface area contributed by atoms with Crippen molar-refractivity contribution < 1.29 is 23.9 Å². The molecule has 266 valence electrons. The van der Waals surface area contributed by atoms with Gasteiger partial charge in [0, 0.05) is 30.6 Å². The second-order valence-electron chi connectivity index (χ2n) is 13.4. The lowest BCUT2D eigenvalue weighted by molar-refractivity contribution is -0.122. The molecule has 0 radical (unpaired) electrons. The molecule has 0 spiro atoms. The fourth-order valence-electron chi connectivity index (χ4n) is 7.71. The minimum absolute atomic E-state index is 0.0696. The van der Waals surface area contributed by atoms with Crippen LogP contribution < -0.4 is 24.6 Å². The highest BCUT2D eigenvalue weighted by Crippen LogP contribution is 2.50. The second-order valence-corrected chi connectivity index (χ2v) is 14.2. The molecule has 0 saturated carbocycles. The van der Waals surface area contributed by atoms with Gasteiger partial charge in [-0.05, 0) is 88.7 Å². The largest absolute Gasteiger partial charge is 0.493 e. The average Bonchev–Trinajstić information content (AvgIpc) is 3.18. The Labute approximate surface area is 317 Å². The van der Waals surface area contributed by atoms with Crippen molar-refractivity contribution in [1.29, 1.82) is 0 Å². The van der Waals surface area contributed by atoms with E-state index in [1.54, 1.807) is 30.3 Å². The molecule has 5 aromatic rings. The van der Waals surface area contributed by atoms with Crippen LogP contribution in [-0.4, -0.2) is 38.0 Å². The van der Waals surface area contributed by atoms with Gasteiger partial charge in [0.2, 0.25) is 0 Å². The van der Waals surface area contributed by atoms with Crippen molar-refractivity contribution >= 4 is 58.5 Å². The number of nitrogens with zero attached hydrogens (tertiary/aromatic N) is 2. The molecular formula is C43H35Cl2N3O5. The van der Waals surface area contributed by atoms with Crippen LogP contribution in [0.1, 0.15) is 58.1 Å². The molecule has 3 aliphatic rings. The number of carbonyl (C=O) groups excluding carboxylic acids is 3. The molecule has 53 heavy (non-hydrogen) atoms. The summed E-state index contributed by atoms with van der Waals surface area (Å²) >= 11 is 12.2. The first-order valence-corrected chi connectivity index (χ1v) is 18.2. The maximum atomic E-state index is 14.3. The predicted molar refractivity (Wildman–Crippen MR) is 207 cm³/mol. The van der Waals surface area contributed by atoms with Crippen molar-refractivity contribution in [3.05, 3.63) is 158 Å². The predicted octanol–water partition coefficient (Wildman–Crippen LogP) is 9.12. The van der Waals surface area contributed by atoms with Gasteiger partial charge in [0.05, 0.1) is 22.8 Å². The smallest absolute Gasteiger partial charge is 0.335 e. The summed E-state index contributed by atoms with van der Waals surface area (Å²) in [6.07, 6.45) is 3.26. The number of imide groups is 2. The second kappa shape index (κ2) is 14.5. The van der Waals surface area contributed by atoms with Crippen LogP contribution in [0.3, 0.4) is 0 Å². The van der Waals surface area contributed by atoms with Crippen molar-refractivity contribution in [2.75, 3.05) is 30.0 Å². The molecule has 1 N–H and O–H groups in total. The van der Waals surface area contributed by atoms with Gasteiger partial charge in [-0.2, -0.15) is 0 Å². The highest BCUT2D eigenvalue weighted by Gasteiger charge is 2.40. The molecule has 5 aromatic carbocycles. The molecule has 4 amide bonds. The fraction of sp³-hybridized carbons (Fsp3) is 0.186. The van der Waals surface area contributed by atoms with Crippen molar-refractivity contribution in [2.45, 2.75) is 31.3 Å². The summed E-state index contributed by atoms with van der Waals surface area (Å²) in [6, 6.07) is 34.2. The number of halogens is 2. The van der Waals surface area contributed by atoms with E-state index >= 15 is 0 Å². The Bertz CT molecular complexity index is 2200. The Kier molecular flexibility index (Phi) is 9.41. The van der Waals surface area contributed by atoms with Gasteiger partial charge < -0.3 is 14.4 Å². The molecule has 0 bridgehead atoms. The van der Waals surface area contributed by atoms with Crippen LogP contribution >= 0.6 is 23.2 Å².